The predicted molar refractivity (Wildman–Crippen MR) is 95.0 cm³/mol. The van der Waals surface area contributed by atoms with E-state index in [1.165, 1.54) is 20.3 Å². The van der Waals surface area contributed by atoms with Crippen LogP contribution in [0.15, 0.2) is 36.4 Å². The fraction of sp³-hybridized carbons (Fsp3) is 0.222. The second kappa shape index (κ2) is 8.74. The molecule has 25 heavy (non-hydrogen) atoms. The molecule has 0 aliphatic carbocycles. The number of carbonyl (C=O) groups is 2. The topological polar surface area (TPSA) is 61.8 Å². The van der Waals surface area contributed by atoms with Gasteiger partial charge in [-0.3, -0.25) is 9.59 Å². The van der Waals surface area contributed by atoms with E-state index in [1.54, 1.807) is 30.3 Å². The molecule has 0 bridgehead atoms. The van der Waals surface area contributed by atoms with E-state index >= 15 is 0 Å². The van der Waals surface area contributed by atoms with Crippen molar-refractivity contribution in [3.05, 3.63) is 57.6 Å². The van der Waals surface area contributed by atoms with Gasteiger partial charge in [-0.15, -0.1) is 0 Å². The quantitative estimate of drug-likeness (QED) is 0.535. The molecule has 2 aromatic rings. The molecule has 0 heterocycles. The van der Waals surface area contributed by atoms with Crippen LogP contribution in [0.1, 0.15) is 15.9 Å². The average Bonchev–Trinajstić information content (AvgIpc) is 2.61. The number of benzene rings is 2. The van der Waals surface area contributed by atoms with E-state index in [4.69, 9.17) is 37.4 Å². The molecule has 0 amide bonds. The van der Waals surface area contributed by atoms with Gasteiger partial charge in [0.2, 0.25) is 0 Å². The Kier molecular flexibility index (Phi) is 6.67. The minimum absolute atomic E-state index is 0.0464. The van der Waals surface area contributed by atoms with Crippen LogP contribution in [0.4, 0.5) is 0 Å². The van der Waals surface area contributed by atoms with Crippen molar-refractivity contribution in [2.24, 2.45) is 0 Å². The molecule has 0 aromatic heterocycles. The summed E-state index contributed by atoms with van der Waals surface area (Å²) < 4.78 is 15.3. The number of ether oxygens (including phenoxy) is 3. The van der Waals surface area contributed by atoms with Crippen molar-refractivity contribution in [1.82, 2.24) is 0 Å². The molecule has 132 valence electrons. The molecule has 7 heteroatoms. The van der Waals surface area contributed by atoms with E-state index in [2.05, 4.69) is 0 Å². The lowest BCUT2D eigenvalue weighted by atomic mass is 10.1. The van der Waals surface area contributed by atoms with Crippen LogP contribution in [0.3, 0.4) is 0 Å². The first-order valence-corrected chi connectivity index (χ1v) is 8.05. The molecule has 0 aliphatic rings. The first-order chi connectivity index (χ1) is 11.9. The molecule has 0 saturated heterocycles. The fourth-order valence-electron chi connectivity index (χ4n) is 2.11. The van der Waals surface area contributed by atoms with E-state index < -0.39 is 5.97 Å². The van der Waals surface area contributed by atoms with Crippen LogP contribution < -0.4 is 9.47 Å². The van der Waals surface area contributed by atoms with Crippen LogP contribution >= 0.6 is 23.2 Å². The number of halogens is 2. The van der Waals surface area contributed by atoms with Gasteiger partial charge in [-0.05, 0) is 35.9 Å². The first-order valence-electron chi connectivity index (χ1n) is 7.29. The smallest absolute Gasteiger partial charge is 0.310 e. The highest BCUT2D eigenvalue weighted by Gasteiger charge is 2.14. The molecule has 0 aliphatic heterocycles. The Morgan fingerprint density at radius 2 is 1.68 bits per heavy atom. The van der Waals surface area contributed by atoms with Crippen LogP contribution in [-0.4, -0.2) is 32.6 Å². The second-order valence-corrected chi connectivity index (χ2v) is 5.91. The number of esters is 1. The van der Waals surface area contributed by atoms with Crippen molar-refractivity contribution >= 4 is 35.0 Å². The molecule has 0 radical (unpaired) electrons. The standard InChI is InChI=1S/C18H16Cl2O5/c1-23-16-6-4-12(7-17(16)24-2)15(21)10-25-18(22)8-11-3-5-13(19)9-14(11)20/h3-7,9H,8,10H2,1-2H3. The third kappa shape index (κ3) is 5.11. The lowest BCUT2D eigenvalue weighted by Gasteiger charge is -2.09. The van der Waals surface area contributed by atoms with Crippen LogP contribution in [-0.2, 0) is 16.0 Å². The molecule has 2 rings (SSSR count). The zero-order chi connectivity index (χ0) is 18.4. The van der Waals surface area contributed by atoms with E-state index in [-0.39, 0.29) is 18.8 Å². The number of methoxy groups -OCH3 is 2. The van der Waals surface area contributed by atoms with Gasteiger partial charge in [0.25, 0.3) is 0 Å². The van der Waals surface area contributed by atoms with Gasteiger partial charge < -0.3 is 14.2 Å². The van der Waals surface area contributed by atoms with Crippen molar-refractivity contribution in [3.8, 4) is 11.5 Å². The highest BCUT2D eigenvalue weighted by molar-refractivity contribution is 6.35. The van der Waals surface area contributed by atoms with E-state index in [0.717, 1.165) is 0 Å². The largest absolute Gasteiger partial charge is 0.493 e. The summed E-state index contributed by atoms with van der Waals surface area (Å²) in [5, 5.41) is 0.849. The van der Waals surface area contributed by atoms with Crippen LogP contribution in [0.2, 0.25) is 10.0 Å². The number of carbonyl (C=O) groups excluding carboxylic acids is 2. The van der Waals surface area contributed by atoms with Gasteiger partial charge in [0, 0.05) is 15.6 Å². The van der Waals surface area contributed by atoms with Gasteiger partial charge in [-0.25, -0.2) is 0 Å². The summed E-state index contributed by atoms with van der Waals surface area (Å²) >= 11 is 11.8. The Morgan fingerprint density at radius 3 is 2.32 bits per heavy atom. The van der Waals surface area contributed by atoms with Crippen molar-refractivity contribution in [2.75, 3.05) is 20.8 Å². The van der Waals surface area contributed by atoms with Crippen molar-refractivity contribution in [3.63, 3.8) is 0 Å². The maximum atomic E-state index is 12.2. The number of hydrogen-bond acceptors (Lipinski definition) is 5. The van der Waals surface area contributed by atoms with Crippen molar-refractivity contribution in [1.29, 1.82) is 0 Å². The molecule has 0 unspecified atom stereocenters. The number of Topliss-reactive ketones (excluding diaryl/α,β-unsaturated/α-hetero) is 1. The zero-order valence-corrected chi connectivity index (χ0v) is 15.2. The first kappa shape index (κ1) is 19.1. The van der Waals surface area contributed by atoms with E-state index in [0.29, 0.717) is 32.7 Å². The average molecular weight is 383 g/mol. The van der Waals surface area contributed by atoms with Crippen LogP contribution in [0.25, 0.3) is 0 Å². The van der Waals surface area contributed by atoms with Gasteiger partial charge in [0.1, 0.15) is 0 Å². The summed E-state index contributed by atoms with van der Waals surface area (Å²) in [6, 6.07) is 9.54. The monoisotopic (exact) mass is 382 g/mol. The van der Waals surface area contributed by atoms with Gasteiger partial charge in [0.05, 0.1) is 20.6 Å². The Bertz CT molecular complexity index is 789. The van der Waals surface area contributed by atoms with Gasteiger partial charge >= 0.3 is 5.97 Å². The van der Waals surface area contributed by atoms with E-state index in [9.17, 15) is 9.59 Å². The molecular formula is C18H16Cl2O5. The summed E-state index contributed by atoms with van der Waals surface area (Å²) in [5.74, 6) is 0.0237. The highest BCUT2D eigenvalue weighted by atomic mass is 35.5. The summed E-state index contributed by atoms with van der Waals surface area (Å²) in [5.41, 5.74) is 0.935. The lowest BCUT2D eigenvalue weighted by Crippen LogP contribution is -2.16. The molecule has 0 saturated carbocycles. The zero-order valence-electron chi connectivity index (χ0n) is 13.7. The lowest BCUT2D eigenvalue weighted by molar-refractivity contribution is -0.141. The molecule has 0 spiro atoms. The van der Waals surface area contributed by atoms with Crippen LogP contribution in [0, 0.1) is 0 Å². The van der Waals surface area contributed by atoms with Crippen molar-refractivity contribution in [2.45, 2.75) is 6.42 Å². The van der Waals surface area contributed by atoms with Gasteiger partial charge in [-0.1, -0.05) is 29.3 Å². The molecule has 0 N–H and O–H groups in total. The Morgan fingerprint density at radius 1 is 0.960 bits per heavy atom. The third-order valence-electron chi connectivity index (χ3n) is 3.42. The molecule has 5 nitrogen and oxygen atoms in total. The Hall–Kier alpha value is -2.24. The van der Waals surface area contributed by atoms with Gasteiger partial charge in [0.15, 0.2) is 23.9 Å². The number of ketones is 1. The normalized spacial score (nSPS) is 10.2. The Labute approximate surface area is 155 Å². The maximum Gasteiger partial charge on any atom is 0.310 e. The summed E-state index contributed by atoms with van der Waals surface area (Å²) in [6.45, 7) is -0.375. The minimum atomic E-state index is -0.557. The van der Waals surface area contributed by atoms with Gasteiger partial charge in [-0.2, -0.15) is 0 Å². The number of hydrogen-bond donors (Lipinski definition) is 0. The minimum Gasteiger partial charge on any atom is -0.493 e. The molecule has 2 aromatic carbocycles. The molecule has 0 fully saturated rings. The van der Waals surface area contributed by atoms with Crippen LogP contribution in [0.5, 0.6) is 11.5 Å². The predicted octanol–water partition coefficient (Wildman–Crippen LogP) is 3.98. The summed E-state index contributed by atoms with van der Waals surface area (Å²) in [4.78, 5) is 24.1. The Balaban J connectivity index is 1.96. The van der Waals surface area contributed by atoms with Crippen molar-refractivity contribution < 1.29 is 23.8 Å². The molecular weight excluding hydrogens is 367 g/mol. The summed E-state index contributed by atoms with van der Waals surface area (Å²) in [7, 11) is 2.98. The fourth-order valence-corrected chi connectivity index (χ4v) is 2.59. The SMILES string of the molecule is COc1ccc(C(=O)COC(=O)Cc2ccc(Cl)cc2Cl)cc1OC. The highest BCUT2D eigenvalue weighted by Crippen LogP contribution is 2.27. The maximum absolute atomic E-state index is 12.2. The summed E-state index contributed by atoms with van der Waals surface area (Å²) in [6.07, 6.45) is -0.0464. The number of rotatable bonds is 7. The second-order valence-electron chi connectivity index (χ2n) is 5.07. The molecule has 0 atom stereocenters. The third-order valence-corrected chi connectivity index (χ3v) is 4.01. The van der Waals surface area contributed by atoms with E-state index in [1.807, 2.05) is 0 Å².